The van der Waals surface area contributed by atoms with Crippen molar-refractivity contribution in [2.75, 3.05) is 13.1 Å². The third kappa shape index (κ3) is 4.62. The molecule has 9 heteroatoms. The van der Waals surface area contributed by atoms with E-state index in [1.165, 1.54) is 5.56 Å². The quantitative estimate of drug-likeness (QED) is 0.394. The number of rotatable bonds is 7. The molecule has 1 amide bonds. The van der Waals surface area contributed by atoms with Gasteiger partial charge in [0.15, 0.2) is 0 Å². The maximum absolute atomic E-state index is 11.8. The summed E-state index contributed by atoms with van der Waals surface area (Å²) >= 11 is 0. The molecule has 1 aliphatic rings. The van der Waals surface area contributed by atoms with Gasteiger partial charge in [0.05, 0.1) is 12.2 Å². The Morgan fingerprint density at radius 3 is 2.68 bits per heavy atom. The Morgan fingerprint density at radius 1 is 1.13 bits per heavy atom. The van der Waals surface area contributed by atoms with Crippen molar-refractivity contribution in [2.45, 2.75) is 24.9 Å². The maximum Gasteiger partial charge on any atom is 0.321 e. The normalized spacial score (nSPS) is 18.7. The van der Waals surface area contributed by atoms with Crippen LogP contribution in [0.5, 0.6) is 0 Å². The number of nitrogens with one attached hydrogen (secondary N) is 1. The molecule has 0 radical (unpaired) electrons. The topological polar surface area (TPSA) is 121 Å². The highest BCUT2D eigenvalue weighted by atomic mass is 16.5. The zero-order valence-corrected chi connectivity index (χ0v) is 16.8. The highest BCUT2D eigenvalue weighted by Crippen LogP contribution is 2.28. The van der Waals surface area contributed by atoms with Crippen LogP contribution >= 0.6 is 0 Å². The number of aromatic nitrogens is 3. The van der Waals surface area contributed by atoms with Gasteiger partial charge in [-0.3, -0.25) is 19.7 Å². The number of hydrogen-bond acceptors (Lipinski definition) is 6. The van der Waals surface area contributed by atoms with E-state index in [-0.39, 0.29) is 6.04 Å². The van der Waals surface area contributed by atoms with E-state index in [0.717, 1.165) is 6.42 Å². The summed E-state index contributed by atoms with van der Waals surface area (Å²) in [5.74, 6) is -1.44. The van der Waals surface area contributed by atoms with Crippen LogP contribution in [0.15, 0.2) is 60.8 Å². The second-order valence-electron chi connectivity index (χ2n) is 7.58. The van der Waals surface area contributed by atoms with Crippen LogP contribution in [0, 0.1) is 0 Å². The van der Waals surface area contributed by atoms with E-state index in [2.05, 4.69) is 10.3 Å². The monoisotopic (exact) mass is 421 g/mol. The molecule has 3 N–H and O–H groups in total. The average molecular weight is 421 g/mol. The van der Waals surface area contributed by atoms with Crippen LogP contribution < -0.4 is 5.48 Å². The predicted octanol–water partition coefficient (Wildman–Crippen LogP) is 2.01. The highest BCUT2D eigenvalue weighted by molar-refractivity contribution is 5.94. The third-order valence-electron chi connectivity index (χ3n) is 5.60. The largest absolute Gasteiger partial charge is 0.480 e. The Kier molecular flexibility index (Phi) is 6.06. The molecule has 0 saturated carbocycles. The summed E-state index contributed by atoms with van der Waals surface area (Å²) in [5.41, 5.74) is 4.34. The number of likely N-dealkylation sites (tertiary alicyclic amines) is 1. The molecule has 0 unspecified atom stereocenters. The number of carbonyl (C=O) groups excluding carboxylic acids is 1. The van der Waals surface area contributed by atoms with Crippen LogP contribution in [-0.2, 0) is 11.2 Å². The molecular weight excluding hydrogens is 398 g/mol. The van der Waals surface area contributed by atoms with Crippen molar-refractivity contribution in [3.63, 3.8) is 0 Å². The number of carboxylic acids is 1. The fraction of sp³-hybridized carbons (Fsp3) is 0.273. The molecular formula is C22H23N5O4. The number of hydrogen-bond donors (Lipinski definition) is 3. The van der Waals surface area contributed by atoms with Crippen LogP contribution in [0.1, 0.15) is 28.4 Å². The third-order valence-corrected chi connectivity index (χ3v) is 5.60. The molecule has 2 heterocycles. The Bertz CT molecular complexity index is 1070. The first-order valence-corrected chi connectivity index (χ1v) is 10.0. The van der Waals surface area contributed by atoms with Crippen LogP contribution in [0.3, 0.4) is 0 Å². The second kappa shape index (κ2) is 9.07. The van der Waals surface area contributed by atoms with Gasteiger partial charge in [0.1, 0.15) is 11.7 Å². The van der Waals surface area contributed by atoms with Crippen molar-refractivity contribution in [3.05, 3.63) is 71.9 Å². The van der Waals surface area contributed by atoms with E-state index in [0.29, 0.717) is 36.3 Å². The highest BCUT2D eigenvalue weighted by Gasteiger charge is 2.37. The fourth-order valence-corrected chi connectivity index (χ4v) is 3.96. The Balaban J connectivity index is 1.48. The molecule has 0 spiro atoms. The molecule has 4 rings (SSSR count). The number of amides is 1. The molecule has 1 aromatic heterocycles. The van der Waals surface area contributed by atoms with Gasteiger partial charge in [-0.15, -0.1) is 5.10 Å². The van der Waals surface area contributed by atoms with Gasteiger partial charge in [-0.25, -0.2) is 10.2 Å². The van der Waals surface area contributed by atoms with Crippen molar-refractivity contribution in [1.82, 2.24) is 25.4 Å². The van der Waals surface area contributed by atoms with E-state index in [9.17, 15) is 14.7 Å². The number of hydroxylamine groups is 1. The summed E-state index contributed by atoms with van der Waals surface area (Å²) in [6.07, 6.45) is 2.99. The first-order valence-electron chi connectivity index (χ1n) is 10.0. The fourth-order valence-electron chi connectivity index (χ4n) is 3.96. The smallest absolute Gasteiger partial charge is 0.321 e. The Labute approximate surface area is 178 Å². The van der Waals surface area contributed by atoms with Crippen molar-refractivity contribution < 1.29 is 19.9 Å². The van der Waals surface area contributed by atoms with Crippen LogP contribution in [0.25, 0.3) is 11.3 Å². The maximum atomic E-state index is 11.8. The van der Waals surface area contributed by atoms with Crippen molar-refractivity contribution in [1.29, 1.82) is 0 Å². The van der Waals surface area contributed by atoms with Crippen molar-refractivity contribution in [2.24, 2.45) is 0 Å². The molecule has 9 nitrogen and oxygen atoms in total. The van der Waals surface area contributed by atoms with Crippen LogP contribution in [-0.4, -0.2) is 61.2 Å². The van der Waals surface area contributed by atoms with Gasteiger partial charge in [0.2, 0.25) is 0 Å². The molecule has 2 aromatic carbocycles. The number of carboxylic acid groups (broad SMARTS) is 1. The lowest BCUT2D eigenvalue weighted by atomic mass is 10.1. The first kappa shape index (κ1) is 20.7. The minimum Gasteiger partial charge on any atom is -0.480 e. The number of nitrogens with zero attached hydrogens (tertiary/aromatic N) is 4. The molecule has 3 aromatic rings. The standard InChI is InChI=1S/C22H23N5O4/c28-21(24-31)17-8-4-7-16(11-17)19-14-27(25-23-19)18-12-20(22(29)30)26(13-18)10-9-15-5-2-1-3-6-15/h1-8,11,14,18,20,31H,9-10,12-13H2,(H,24,28)(H,29,30)/t18-,20+/m1/s1. The number of benzene rings is 2. The van der Waals surface area contributed by atoms with Crippen LogP contribution in [0.2, 0.25) is 0 Å². The minimum atomic E-state index is -0.835. The summed E-state index contributed by atoms with van der Waals surface area (Å²) in [5, 5.41) is 26.9. The van der Waals surface area contributed by atoms with Crippen LogP contribution in [0.4, 0.5) is 0 Å². The average Bonchev–Trinajstić information content (AvgIpc) is 3.45. The molecule has 160 valence electrons. The van der Waals surface area contributed by atoms with Gasteiger partial charge in [-0.05, 0) is 30.5 Å². The van der Waals surface area contributed by atoms with Crippen molar-refractivity contribution in [3.8, 4) is 11.3 Å². The zero-order valence-electron chi connectivity index (χ0n) is 16.8. The second-order valence-corrected chi connectivity index (χ2v) is 7.58. The van der Waals surface area contributed by atoms with Crippen molar-refractivity contribution >= 4 is 11.9 Å². The van der Waals surface area contributed by atoms with E-state index < -0.39 is 17.9 Å². The van der Waals surface area contributed by atoms with E-state index in [4.69, 9.17) is 5.21 Å². The van der Waals surface area contributed by atoms with Gasteiger partial charge < -0.3 is 5.11 Å². The molecule has 0 aliphatic carbocycles. The summed E-state index contributed by atoms with van der Waals surface area (Å²) in [4.78, 5) is 25.4. The number of carbonyl (C=O) groups is 2. The van der Waals surface area contributed by atoms with Gasteiger partial charge in [-0.1, -0.05) is 47.7 Å². The predicted molar refractivity (Wildman–Crippen MR) is 112 cm³/mol. The molecule has 1 saturated heterocycles. The minimum absolute atomic E-state index is 0.109. The molecule has 2 atom stereocenters. The summed E-state index contributed by atoms with van der Waals surface area (Å²) in [7, 11) is 0. The SMILES string of the molecule is O=C(NO)c1cccc(-c2cn([C@@H]3C[C@@H](C(=O)O)N(CCc4ccccc4)C3)nn2)c1. The molecule has 31 heavy (non-hydrogen) atoms. The molecule has 1 fully saturated rings. The summed E-state index contributed by atoms with van der Waals surface area (Å²) < 4.78 is 1.70. The first-order chi connectivity index (χ1) is 15.0. The van der Waals surface area contributed by atoms with Gasteiger partial charge in [0.25, 0.3) is 5.91 Å². The van der Waals surface area contributed by atoms with Gasteiger partial charge in [-0.2, -0.15) is 0 Å². The lowest BCUT2D eigenvalue weighted by Gasteiger charge is -2.20. The van der Waals surface area contributed by atoms with Gasteiger partial charge in [0, 0.05) is 24.2 Å². The Hall–Kier alpha value is -3.56. The van der Waals surface area contributed by atoms with E-state index >= 15 is 0 Å². The lowest BCUT2D eigenvalue weighted by Crippen LogP contribution is -2.37. The summed E-state index contributed by atoms with van der Waals surface area (Å²) in [6, 6.07) is 16.0. The lowest BCUT2D eigenvalue weighted by molar-refractivity contribution is -0.142. The van der Waals surface area contributed by atoms with E-state index in [1.54, 1.807) is 40.6 Å². The molecule has 0 bridgehead atoms. The number of aliphatic carboxylic acids is 1. The van der Waals surface area contributed by atoms with E-state index in [1.807, 2.05) is 35.2 Å². The zero-order chi connectivity index (χ0) is 21.8. The Morgan fingerprint density at radius 2 is 1.94 bits per heavy atom. The molecule has 1 aliphatic heterocycles. The van der Waals surface area contributed by atoms with Gasteiger partial charge >= 0.3 is 5.97 Å². The summed E-state index contributed by atoms with van der Waals surface area (Å²) in [6.45, 7) is 1.22.